The van der Waals surface area contributed by atoms with Gasteiger partial charge in [0.1, 0.15) is 6.04 Å². The van der Waals surface area contributed by atoms with Crippen molar-refractivity contribution in [3.63, 3.8) is 0 Å². The van der Waals surface area contributed by atoms with Crippen molar-refractivity contribution in [2.24, 2.45) is 0 Å². The Bertz CT molecular complexity index is 463. The van der Waals surface area contributed by atoms with Crippen molar-refractivity contribution in [3.8, 4) is 0 Å². The zero-order valence-electron chi connectivity index (χ0n) is 14.0. The van der Waals surface area contributed by atoms with Gasteiger partial charge in [-0.25, -0.2) is 4.79 Å². The van der Waals surface area contributed by atoms with Gasteiger partial charge in [-0.1, -0.05) is 45.4 Å². The summed E-state index contributed by atoms with van der Waals surface area (Å²) in [5, 5.41) is 9.02. The molecule has 0 aromatic rings. The van der Waals surface area contributed by atoms with Gasteiger partial charge in [-0.3, -0.25) is 9.35 Å². The minimum Gasteiger partial charge on any atom is -0.480 e. The van der Waals surface area contributed by atoms with Gasteiger partial charge in [0.05, 0.1) is 5.75 Å². The molecule has 136 valence electrons. The smallest absolute Gasteiger partial charge is 0.326 e. The van der Waals surface area contributed by atoms with E-state index in [1.54, 1.807) is 0 Å². The van der Waals surface area contributed by atoms with E-state index in [-0.39, 0.29) is 13.0 Å². The largest absolute Gasteiger partial charge is 0.480 e. The quantitative estimate of drug-likeness (QED) is 0.389. The van der Waals surface area contributed by atoms with E-state index in [0.717, 1.165) is 24.2 Å². The molecular formula is C15H29NO6S. The molecule has 0 aromatic carbocycles. The summed E-state index contributed by atoms with van der Waals surface area (Å²) in [4.78, 5) is 24.2. The van der Waals surface area contributed by atoms with Crippen molar-refractivity contribution >= 4 is 22.0 Å². The molecule has 0 aliphatic carbocycles. The van der Waals surface area contributed by atoms with E-state index < -0.39 is 33.8 Å². The number of carboxylic acids is 1. The van der Waals surface area contributed by atoms with Crippen molar-refractivity contribution in [2.75, 3.05) is 12.3 Å². The molecule has 0 rings (SSSR count). The number of carbonyl (C=O) groups excluding carboxylic acids is 1. The predicted molar refractivity (Wildman–Crippen MR) is 87.8 cm³/mol. The molecule has 0 radical (unpaired) electrons. The van der Waals surface area contributed by atoms with E-state index in [1.165, 1.54) is 26.2 Å². The standard InChI is InChI=1S/C15H29NO6S/c1-3-4-5-6-7-8-9-10-14(17)16(13(2)15(18)19)11-12-23(20,21)22/h13H,3-12H2,1-2H3,(H,18,19)(H,20,21,22). The first-order valence-corrected chi connectivity index (χ1v) is 9.77. The van der Waals surface area contributed by atoms with Crippen LogP contribution in [0.1, 0.15) is 65.2 Å². The molecule has 0 spiro atoms. The van der Waals surface area contributed by atoms with Crippen LogP contribution in [0.5, 0.6) is 0 Å². The number of hydrogen-bond donors (Lipinski definition) is 2. The summed E-state index contributed by atoms with van der Waals surface area (Å²) in [6.07, 6.45) is 7.46. The third-order valence-corrected chi connectivity index (χ3v) is 4.43. The number of carboxylic acid groups (broad SMARTS) is 1. The molecular weight excluding hydrogens is 322 g/mol. The van der Waals surface area contributed by atoms with Gasteiger partial charge in [0, 0.05) is 13.0 Å². The Morgan fingerprint density at radius 1 is 1.04 bits per heavy atom. The molecule has 8 heteroatoms. The second-order valence-electron chi connectivity index (χ2n) is 5.76. The van der Waals surface area contributed by atoms with E-state index in [4.69, 9.17) is 9.66 Å². The predicted octanol–water partition coefficient (Wildman–Crippen LogP) is 2.32. The van der Waals surface area contributed by atoms with Crippen LogP contribution < -0.4 is 0 Å². The summed E-state index contributed by atoms with van der Waals surface area (Å²) >= 11 is 0. The highest BCUT2D eigenvalue weighted by Gasteiger charge is 2.26. The second-order valence-corrected chi connectivity index (χ2v) is 7.33. The summed E-state index contributed by atoms with van der Waals surface area (Å²) in [5.41, 5.74) is 0. The number of carbonyl (C=O) groups is 2. The van der Waals surface area contributed by atoms with Gasteiger partial charge in [-0.15, -0.1) is 0 Å². The molecule has 1 atom stereocenters. The minimum absolute atomic E-state index is 0.191. The van der Waals surface area contributed by atoms with Crippen LogP contribution in [0.3, 0.4) is 0 Å². The lowest BCUT2D eigenvalue weighted by Gasteiger charge is -2.26. The zero-order chi connectivity index (χ0) is 17.9. The van der Waals surface area contributed by atoms with Gasteiger partial charge in [0.15, 0.2) is 0 Å². The molecule has 0 fully saturated rings. The molecule has 7 nitrogen and oxygen atoms in total. The highest BCUT2D eigenvalue weighted by Crippen LogP contribution is 2.11. The van der Waals surface area contributed by atoms with Crippen LogP contribution in [-0.2, 0) is 19.7 Å². The number of amides is 1. The van der Waals surface area contributed by atoms with E-state index in [0.29, 0.717) is 6.42 Å². The first-order valence-electron chi connectivity index (χ1n) is 8.16. The number of hydrogen-bond acceptors (Lipinski definition) is 4. The lowest BCUT2D eigenvalue weighted by molar-refractivity contribution is -0.149. The Balaban J connectivity index is 4.32. The summed E-state index contributed by atoms with van der Waals surface area (Å²) in [5.74, 6) is -2.25. The normalized spacial score (nSPS) is 12.8. The van der Waals surface area contributed by atoms with Crippen LogP contribution in [0.15, 0.2) is 0 Å². The third kappa shape index (κ3) is 11.1. The average Bonchev–Trinajstić information content (AvgIpc) is 2.45. The Kier molecular flexibility index (Phi) is 10.8. The Morgan fingerprint density at radius 3 is 2.04 bits per heavy atom. The van der Waals surface area contributed by atoms with Gasteiger partial charge < -0.3 is 10.0 Å². The SMILES string of the molecule is CCCCCCCCCC(=O)N(CCS(=O)(=O)O)C(C)C(=O)O. The van der Waals surface area contributed by atoms with Gasteiger partial charge in [-0.2, -0.15) is 8.42 Å². The van der Waals surface area contributed by atoms with Crippen molar-refractivity contribution in [1.82, 2.24) is 4.90 Å². The molecule has 1 amide bonds. The molecule has 0 aromatic heterocycles. The van der Waals surface area contributed by atoms with E-state index >= 15 is 0 Å². The van der Waals surface area contributed by atoms with E-state index in [2.05, 4.69) is 6.92 Å². The number of nitrogens with zero attached hydrogens (tertiary/aromatic N) is 1. The van der Waals surface area contributed by atoms with Gasteiger partial charge in [-0.05, 0) is 13.3 Å². The summed E-state index contributed by atoms with van der Waals surface area (Å²) < 4.78 is 30.4. The molecule has 0 aliphatic rings. The summed E-state index contributed by atoms with van der Waals surface area (Å²) in [6.45, 7) is 3.15. The molecule has 0 heterocycles. The fourth-order valence-corrected chi connectivity index (χ4v) is 2.69. The first-order chi connectivity index (χ1) is 10.7. The minimum atomic E-state index is -4.24. The lowest BCUT2D eigenvalue weighted by Crippen LogP contribution is -2.45. The molecule has 1 unspecified atom stereocenters. The monoisotopic (exact) mass is 351 g/mol. The molecule has 23 heavy (non-hydrogen) atoms. The van der Waals surface area contributed by atoms with Crippen molar-refractivity contribution in [2.45, 2.75) is 71.3 Å². The number of unbranched alkanes of at least 4 members (excludes halogenated alkanes) is 6. The topological polar surface area (TPSA) is 112 Å². The van der Waals surface area contributed by atoms with Crippen molar-refractivity contribution < 1.29 is 27.7 Å². The van der Waals surface area contributed by atoms with Crippen molar-refractivity contribution in [3.05, 3.63) is 0 Å². The van der Waals surface area contributed by atoms with E-state index in [1.807, 2.05) is 0 Å². The maximum absolute atomic E-state index is 12.1. The third-order valence-electron chi connectivity index (χ3n) is 3.73. The van der Waals surface area contributed by atoms with Crippen LogP contribution in [0.2, 0.25) is 0 Å². The summed E-state index contributed by atoms with van der Waals surface area (Å²) in [7, 11) is -4.24. The van der Waals surface area contributed by atoms with E-state index in [9.17, 15) is 18.0 Å². The molecule has 0 saturated carbocycles. The van der Waals surface area contributed by atoms with Gasteiger partial charge in [0.2, 0.25) is 5.91 Å². The van der Waals surface area contributed by atoms with Gasteiger partial charge in [0.25, 0.3) is 10.1 Å². The molecule has 0 aliphatic heterocycles. The maximum Gasteiger partial charge on any atom is 0.326 e. The fourth-order valence-electron chi connectivity index (χ4n) is 2.26. The number of aliphatic carboxylic acids is 1. The van der Waals surface area contributed by atoms with Crippen LogP contribution >= 0.6 is 0 Å². The zero-order valence-corrected chi connectivity index (χ0v) is 14.8. The fraction of sp³-hybridized carbons (Fsp3) is 0.867. The van der Waals surface area contributed by atoms with Crippen molar-refractivity contribution in [1.29, 1.82) is 0 Å². The molecule has 0 bridgehead atoms. The summed E-state index contributed by atoms with van der Waals surface area (Å²) in [6, 6.07) is -1.12. The average molecular weight is 351 g/mol. The van der Waals surface area contributed by atoms with Crippen LogP contribution in [-0.4, -0.2) is 53.2 Å². The van der Waals surface area contributed by atoms with Crippen LogP contribution in [0.4, 0.5) is 0 Å². The van der Waals surface area contributed by atoms with Crippen LogP contribution in [0, 0.1) is 0 Å². The first kappa shape index (κ1) is 21.9. The molecule has 0 saturated heterocycles. The highest BCUT2D eigenvalue weighted by molar-refractivity contribution is 7.85. The number of rotatable bonds is 13. The Morgan fingerprint density at radius 2 is 1.57 bits per heavy atom. The Hall–Kier alpha value is -1.15. The Labute approximate surface area is 138 Å². The van der Waals surface area contributed by atoms with Gasteiger partial charge >= 0.3 is 5.97 Å². The lowest BCUT2D eigenvalue weighted by atomic mass is 10.1. The second kappa shape index (κ2) is 11.4. The van der Waals surface area contributed by atoms with Crippen LogP contribution in [0.25, 0.3) is 0 Å². The molecule has 2 N–H and O–H groups in total. The maximum atomic E-state index is 12.1. The highest BCUT2D eigenvalue weighted by atomic mass is 32.2.